The first-order chi connectivity index (χ1) is 11.7. The molecule has 0 aliphatic carbocycles. The van der Waals surface area contributed by atoms with Crippen molar-refractivity contribution in [1.29, 1.82) is 0 Å². The fraction of sp³-hybridized carbons (Fsp3) is 0.692. The summed E-state index contributed by atoms with van der Waals surface area (Å²) in [5.41, 5.74) is 13.1. The normalized spacial score (nSPS) is 12.4. The first-order valence-electron chi connectivity index (χ1n) is 7.55. The van der Waals surface area contributed by atoms with Gasteiger partial charge in [0.15, 0.2) is 0 Å². The second-order valence-electron chi connectivity index (χ2n) is 5.51. The van der Waals surface area contributed by atoms with E-state index in [2.05, 4.69) is 26.0 Å². The zero-order valence-corrected chi connectivity index (χ0v) is 14.1. The highest BCUT2D eigenvalue weighted by molar-refractivity contribution is 5.91. The highest BCUT2D eigenvalue weighted by atomic mass is 16.4. The molecule has 2 atom stereocenters. The molecule has 0 unspecified atom stereocenters. The molecule has 0 aliphatic rings. The van der Waals surface area contributed by atoms with Crippen LogP contribution in [0.25, 0.3) is 10.4 Å². The number of hydrogen-bond acceptors (Lipinski definition) is 5. The largest absolute Gasteiger partial charge is 0.480 e. The van der Waals surface area contributed by atoms with E-state index in [0.717, 1.165) is 0 Å². The number of nitrogens with zero attached hydrogens (tertiary/aromatic N) is 3. The van der Waals surface area contributed by atoms with Crippen LogP contribution in [0.4, 0.5) is 4.79 Å². The molecule has 12 heteroatoms. The number of hydrogen-bond donors (Lipinski definition) is 5. The zero-order valence-electron chi connectivity index (χ0n) is 14.1. The summed E-state index contributed by atoms with van der Waals surface area (Å²) >= 11 is 0. The van der Waals surface area contributed by atoms with E-state index in [1.807, 2.05) is 0 Å². The quantitative estimate of drug-likeness (QED) is 0.143. The molecule has 0 bridgehead atoms. The van der Waals surface area contributed by atoms with Gasteiger partial charge in [0.05, 0.1) is 0 Å². The average molecular weight is 357 g/mol. The third-order valence-electron chi connectivity index (χ3n) is 3.13. The summed E-state index contributed by atoms with van der Waals surface area (Å²) in [5, 5.41) is 19.3. The van der Waals surface area contributed by atoms with E-state index in [1.165, 1.54) is 0 Å². The van der Waals surface area contributed by atoms with Crippen LogP contribution in [0, 0.1) is 5.92 Å². The summed E-state index contributed by atoms with van der Waals surface area (Å²) in [5.74, 6) is -2.87. The van der Waals surface area contributed by atoms with E-state index < -0.39 is 42.4 Å². The van der Waals surface area contributed by atoms with Crippen molar-refractivity contribution in [2.45, 2.75) is 38.8 Å². The van der Waals surface area contributed by atoms with Gasteiger partial charge in [0.2, 0.25) is 11.8 Å². The lowest BCUT2D eigenvalue weighted by atomic mass is 10.0. The Bertz CT molecular complexity index is 545. The molecular formula is C13H23N7O5. The Hall–Kier alpha value is -3.01. The van der Waals surface area contributed by atoms with Gasteiger partial charge >= 0.3 is 12.0 Å². The molecule has 140 valence electrons. The predicted molar refractivity (Wildman–Crippen MR) is 87.2 cm³/mol. The summed E-state index contributed by atoms with van der Waals surface area (Å²) in [6.45, 7) is 3.05. The molecule has 6 N–H and O–H groups in total. The molecule has 0 radical (unpaired) electrons. The van der Waals surface area contributed by atoms with Gasteiger partial charge in [-0.1, -0.05) is 19.0 Å². The lowest BCUT2D eigenvalue weighted by molar-refractivity contribution is -0.142. The average Bonchev–Trinajstić information content (AvgIpc) is 2.52. The zero-order chi connectivity index (χ0) is 19.4. The Morgan fingerprint density at radius 1 is 1.24 bits per heavy atom. The topological polar surface area (TPSA) is 199 Å². The number of carboxylic acid groups (broad SMARTS) is 1. The molecule has 4 amide bonds. The highest BCUT2D eigenvalue weighted by Crippen LogP contribution is 2.05. The van der Waals surface area contributed by atoms with Crippen LogP contribution < -0.4 is 21.7 Å². The van der Waals surface area contributed by atoms with Crippen LogP contribution in [-0.4, -0.2) is 54.1 Å². The van der Waals surface area contributed by atoms with Gasteiger partial charge in [-0.15, -0.1) is 0 Å². The van der Waals surface area contributed by atoms with Crippen molar-refractivity contribution in [2.24, 2.45) is 16.8 Å². The monoisotopic (exact) mass is 357 g/mol. The maximum absolute atomic E-state index is 12.3. The summed E-state index contributed by atoms with van der Waals surface area (Å²) < 4.78 is 0. The van der Waals surface area contributed by atoms with E-state index in [1.54, 1.807) is 13.8 Å². The van der Waals surface area contributed by atoms with Crippen LogP contribution >= 0.6 is 0 Å². The standard InChI is InChI=1S/C13H23N7O5/c1-7(2)10(19-9(21)6-17-20-15)11(22)18-8(12(23)24)4-3-5-16-13(14)25/h7-8,10H,3-6H2,1-2H3,(H,18,22)(H,19,21)(H,23,24)(H3,14,16,25)/t8-,10-/m0/s1. The van der Waals surface area contributed by atoms with Crippen LogP contribution in [-0.2, 0) is 14.4 Å². The third kappa shape index (κ3) is 9.66. The molecule has 0 aromatic rings. The fourth-order valence-corrected chi connectivity index (χ4v) is 1.89. The summed E-state index contributed by atoms with van der Waals surface area (Å²) in [6.07, 6.45) is 0.356. The third-order valence-corrected chi connectivity index (χ3v) is 3.13. The molecule has 0 spiro atoms. The van der Waals surface area contributed by atoms with Gasteiger partial charge in [0, 0.05) is 11.5 Å². The van der Waals surface area contributed by atoms with E-state index >= 15 is 0 Å². The Morgan fingerprint density at radius 2 is 1.88 bits per heavy atom. The second-order valence-corrected chi connectivity index (χ2v) is 5.51. The molecule has 25 heavy (non-hydrogen) atoms. The maximum atomic E-state index is 12.3. The van der Waals surface area contributed by atoms with Gasteiger partial charge in [-0.05, 0) is 24.3 Å². The van der Waals surface area contributed by atoms with E-state index in [0.29, 0.717) is 0 Å². The number of azide groups is 1. The molecule has 0 aromatic carbocycles. The molecule has 0 saturated carbocycles. The first kappa shape index (κ1) is 22.0. The predicted octanol–water partition coefficient (Wildman–Crippen LogP) is -0.545. The number of carbonyl (C=O) groups excluding carboxylic acids is 3. The van der Waals surface area contributed by atoms with E-state index in [4.69, 9.17) is 11.3 Å². The molecule has 0 aromatic heterocycles. The number of amides is 4. The Morgan fingerprint density at radius 3 is 2.36 bits per heavy atom. The fourth-order valence-electron chi connectivity index (χ4n) is 1.89. The molecule has 0 heterocycles. The SMILES string of the molecule is CC(C)[C@H](NC(=O)CN=[N+]=[N-])C(=O)N[C@@H](CCCNC(N)=O)C(=O)O. The van der Waals surface area contributed by atoms with Gasteiger partial charge in [-0.2, -0.15) is 0 Å². The first-order valence-corrected chi connectivity index (χ1v) is 7.55. The van der Waals surface area contributed by atoms with Crippen molar-refractivity contribution in [3.63, 3.8) is 0 Å². The minimum Gasteiger partial charge on any atom is -0.480 e. The van der Waals surface area contributed by atoms with Crippen molar-refractivity contribution >= 4 is 23.8 Å². The summed E-state index contributed by atoms with van der Waals surface area (Å²) in [7, 11) is 0. The van der Waals surface area contributed by atoms with Gasteiger partial charge < -0.3 is 26.8 Å². The Balaban J connectivity index is 4.74. The van der Waals surface area contributed by atoms with Crippen LogP contribution in [0.1, 0.15) is 26.7 Å². The Labute approximate surface area is 144 Å². The molecule has 0 fully saturated rings. The number of nitrogens with two attached hydrogens (primary N) is 1. The van der Waals surface area contributed by atoms with Crippen molar-refractivity contribution in [2.75, 3.05) is 13.1 Å². The van der Waals surface area contributed by atoms with Gasteiger partial charge in [-0.25, -0.2) is 9.59 Å². The lowest BCUT2D eigenvalue weighted by Gasteiger charge is -2.23. The number of rotatable bonds is 11. The minimum atomic E-state index is -1.24. The van der Waals surface area contributed by atoms with Crippen molar-refractivity contribution in [3.05, 3.63) is 10.4 Å². The Kier molecular flexibility index (Phi) is 10.1. The number of primary amides is 1. The van der Waals surface area contributed by atoms with Gasteiger partial charge in [-0.3, -0.25) is 9.59 Å². The highest BCUT2D eigenvalue weighted by Gasteiger charge is 2.28. The number of carboxylic acids is 1. The van der Waals surface area contributed by atoms with Crippen LogP contribution in [0.3, 0.4) is 0 Å². The van der Waals surface area contributed by atoms with Gasteiger partial charge in [0.25, 0.3) is 0 Å². The van der Waals surface area contributed by atoms with Crippen molar-refractivity contribution in [1.82, 2.24) is 16.0 Å². The molecule has 0 aliphatic heterocycles. The second kappa shape index (κ2) is 11.5. The number of nitrogens with one attached hydrogen (secondary N) is 3. The lowest BCUT2D eigenvalue weighted by Crippen LogP contribution is -2.54. The molecule has 12 nitrogen and oxygen atoms in total. The van der Waals surface area contributed by atoms with Gasteiger partial charge in [0.1, 0.15) is 18.6 Å². The number of urea groups is 1. The molecular weight excluding hydrogens is 334 g/mol. The summed E-state index contributed by atoms with van der Waals surface area (Å²) in [4.78, 5) is 48.1. The van der Waals surface area contributed by atoms with Crippen LogP contribution in [0.2, 0.25) is 0 Å². The number of aliphatic carboxylic acids is 1. The van der Waals surface area contributed by atoms with Crippen LogP contribution in [0.15, 0.2) is 5.11 Å². The molecule has 0 saturated heterocycles. The van der Waals surface area contributed by atoms with Crippen molar-refractivity contribution < 1.29 is 24.3 Å². The van der Waals surface area contributed by atoms with E-state index in [-0.39, 0.29) is 25.3 Å². The minimum absolute atomic E-state index is 0.0683. The van der Waals surface area contributed by atoms with E-state index in [9.17, 15) is 24.3 Å². The van der Waals surface area contributed by atoms with Crippen molar-refractivity contribution in [3.8, 4) is 0 Å². The summed E-state index contributed by atoms with van der Waals surface area (Å²) in [6, 6.07) is -2.89. The smallest absolute Gasteiger partial charge is 0.326 e. The van der Waals surface area contributed by atoms with Crippen LogP contribution in [0.5, 0.6) is 0 Å². The number of carbonyl (C=O) groups is 4. The maximum Gasteiger partial charge on any atom is 0.326 e. The molecule has 0 rings (SSSR count).